The molecule has 0 saturated heterocycles. The maximum Gasteiger partial charge on any atom is 0.262 e. The molecule has 118 valence electrons. The van der Waals surface area contributed by atoms with Gasteiger partial charge in [0.25, 0.3) is 5.91 Å². The number of nitrogens with zero attached hydrogens (tertiary/aromatic N) is 1. The topological polar surface area (TPSA) is 66.0 Å². The number of hydrogen-bond acceptors (Lipinski definition) is 3. The summed E-state index contributed by atoms with van der Waals surface area (Å²) in [5.74, 6) is 0.605. The molecule has 0 aliphatic rings. The Morgan fingerprint density at radius 1 is 1.39 bits per heavy atom. The molecule has 0 bridgehead atoms. The van der Waals surface area contributed by atoms with E-state index in [0.717, 1.165) is 10.0 Å². The van der Waals surface area contributed by atoms with Crippen LogP contribution in [0.2, 0.25) is 5.02 Å². The molecule has 2 aromatic rings. The zero-order valence-electron chi connectivity index (χ0n) is 12.6. The number of rotatable bonds is 4. The third kappa shape index (κ3) is 4.47. The van der Waals surface area contributed by atoms with E-state index in [2.05, 4.69) is 21.2 Å². The van der Waals surface area contributed by atoms with E-state index in [1.54, 1.807) is 18.2 Å². The Bertz CT molecular complexity index is 803. The Morgan fingerprint density at radius 3 is 2.74 bits per heavy atom. The quantitative estimate of drug-likeness (QED) is 0.599. The number of hydrogen-bond donors (Lipinski definition) is 1. The summed E-state index contributed by atoms with van der Waals surface area (Å²) in [5, 5.41) is 12.4. The molecule has 0 saturated carbocycles. The fraction of sp³-hybridized carbons (Fsp3) is 0.176. The lowest BCUT2D eigenvalue weighted by molar-refractivity contribution is -0.117. The normalized spacial score (nSPS) is 11.4. The molecule has 1 aromatic carbocycles. The van der Waals surface area contributed by atoms with Gasteiger partial charge in [0.2, 0.25) is 0 Å². The second kappa shape index (κ2) is 7.49. The second-order valence-electron chi connectivity index (χ2n) is 5.13. The molecule has 0 unspecified atom stereocenters. The maximum absolute atomic E-state index is 11.9. The van der Waals surface area contributed by atoms with Crippen LogP contribution in [0.5, 0.6) is 0 Å². The number of carbonyl (C=O) groups excluding carboxylic acids is 1. The molecule has 1 heterocycles. The van der Waals surface area contributed by atoms with Gasteiger partial charge in [-0.3, -0.25) is 4.79 Å². The maximum atomic E-state index is 11.9. The first kappa shape index (κ1) is 17.3. The van der Waals surface area contributed by atoms with E-state index in [-0.39, 0.29) is 11.6 Å². The Morgan fingerprint density at radius 2 is 2.13 bits per heavy atom. The largest absolute Gasteiger partial charge is 0.457 e. The van der Waals surface area contributed by atoms with Crippen molar-refractivity contribution in [2.24, 2.45) is 0 Å². The van der Waals surface area contributed by atoms with Crippen LogP contribution in [-0.2, 0) is 4.79 Å². The van der Waals surface area contributed by atoms with Gasteiger partial charge in [0.1, 0.15) is 23.2 Å². The summed E-state index contributed by atoms with van der Waals surface area (Å²) in [4.78, 5) is 11.9. The van der Waals surface area contributed by atoms with Crippen molar-refractivity contribution >= 4 is 39.5 Å². The molecule has 0 atom stereocenters. The van der Waals surface area contributed by atoms with E-state index >= 15 is 0 Å². The third-order valence-electron chi connectivity index (χ3n) is 2.90. The van der Waals surface area contributed by atoms with E-state index in [1.807, 2.05) is 32.0 Å². The lowest BCUT2D eigenvalue weighted by Gasteiger charge is -2.06. The third-order valence-corrected chi connectivity index (χ3v) is 4.13. The van der Waals surface area contributed by atoms with E-state index in [9.17, 15) is 4.79 Å². The number of nitriles is 1. The lowest BCUT2D eigenvalue weighted by Crippen LogP contribution is -2.30. The molecule has 0 aliphatic heterocycles. The highest BCUT2D eigenvalue weighted by molar-refractivity contribution is 9.10. The summed E-state index contributed by atoms with van der Waals surface area (Å²) < 4.78 is 6.47. The Hall–Kier alpha value is -2.03. The average Bonchev–Trinajstić information content (AvgIpc) is 2.95. The minimum atomic E-state index is -0.424. The number of halogens is 2. The summed E-state index contributed by atoms with van der Waals surface area (Å²) in [7, 11) is 0. The van der Waals surface area contributed by atoms with Crippen molar-refractivity contribution in [3.63, 3.8) is 0 Å². The van der Waals surface area contributed by atoms with Gasteiger partial charge in [-0.2, -0.15) is 5.26 Å². The van der Waals surface area contributed by atoms with Gasteiger partial charge >= 0.3 is 0 Å². The number of nitrogens with one attached hydrogen (secondary N) is 1. The predicted octanol–water partition coefficient (Wildman–Crippen LogP) is 4.79. The number of benzene rings is 1. The van der Waals surface area contributed by atoms with Gasteiger partial charge in [0, 0.05) is 22.2 Å². The van der Waals surface area contributed by atoms with E-state index < -0.39 is 5.91 Å². The minimum absolute atomic E-state index is 0.00608. The number of furan rings is 1. The molecule has 1 N–H and O–H groups in total. The summed E-state index contributed by atoms with van der Waals surface area (Å²) in [6.45, 7) is 3.66. The molecule has 4 nitrogen and oxygen atoms in total. The molecule has 0 aliphatic carbocycles. The molecule has 23 heavy (non-hydrogen) atoms. The van der Waals surface area contributed by atoms with Crippen LogP contribution in [0, 0.1) is 11.3 Å². The van der Waals surface area contributed by atoms with Crippen LogP contribution >= 0.6 is 27.5 Å². The van der Waals surface area contributed by atoms with Crippen molar-refractivity contribution in [1.82, 2.24) is 5.32 Å². The molecule has 1 amide bonds. The smallest absolute Gasteiger partial charge is 0.262 e. The first-order chi connectivity index (χ1) is 10.9. The van der Waals surface area contributed by atoms with Crippen LogP contribution < -0.4 is 5.32 Å². The second-order valence-corrected chi connectivity index (χ2v) is 6.39. The van der Waals surface area contributed by atoms with Gasteiger partial charge in [0.15, 0.2) is 0 Å². The van der Waals surface area contributed by atoms with E-state index in [4.69, 9.17) is 21.3 Å². The van der Waals surface area contributed by atoms with Crippen LogP contribution in [0.3, 0.4) is 0 Å². The summed E-state index contributed by atoms with van der Waals surface area (Å²) in [5.41, 5.74) is 0.802. The summed E-state index contributed by atoms with van der Waals surface area (Å²) in [6.07, 6.45) is 1.42. The predicted molar refractivity (Wildman–Crippen MR) is 93.7 cm³/mol. The SMILES string of the molecule is CC(C)NC(=O)/C(C#N)=C\c1ccc(-c2ccc(Br)c(Cl)c2)o1. The highest BCUT2D eigenvalue weighted by Crippen LogP contribution is 2.30. The van der Waals surface area contributed by atoms with Gasteiger partial charge in [-0.15, -0.1) is 0 Å². The fourth-order valence-electron chi connectivity index (χ4n) is 1.87. The molecule has 0 spiro atoms. The fourth-order valence-corrected chi connectivity index (χ4v) is 2.29. The van der Waals surface area contributed by atoms with Crippen LogP contribution in [0.15, 0.2) is 44.8 Å². The van der Waals surface area contributed by atoms with Crippen molar-refractivity contribution in [1.29, 1.82) is 5.26 Å². The monoisotopic (exact) mass is 392 g/mol. The van der Waals surface area contributed by atoms with Crippen LogP contribution in [0.25, 0.3) is 17.4 Å². The van der Waals surface area contributed by atoms with E-state index in [1.165, 1.54) is 6.08 Å². The molecular formula is C17H14BrClN2O2. The average molecular weight is 394 g/mol. The van der Waals surface area contributed by atoms with Crippen molar-refractivity contribution in [3.8, 4) is 17.4 Å². The van der Waals surface area contributed by atoms with Crippen molar-refractivity contribution in [2.75, 3.05) is 0 Å². The first-order valence-corrected chi connectivity index (χ1v) is 8.05. The van der Waals surface area contributed by atoms with Crippen LogP contribution in [0.1, 0.15) is 19.6 Å². The van der Waals surface area contributed by atoms with E-state index in [0.29, 0.717) is 16.5 Å². The summed E-state index contributed by atoms with van der Waals surface area (Å²) in [6, 6.07) is 10.8. The Balaban J connectivity index is 2.27. The Labute approximate surface area is 147 Å². The van der Waals surface area contributed by atoms with Crippen molar-refractivity contribution in [3.05, 3.63) is 51.2 Å². The van der Waals surface area contributed by atoms with Crippen LogP contribution in [0.4, 0.5) is 0 Å². The van der Waals surface area contributed by atoms with Gasteiger partial charge < -0.3 is 9.73 Å². The van der Waals surface area contributed by atoms with Crippen molar-refractivity contribution < 1.29 is 9.21 Å². The van der Waals surface area contributed by atoms with Crippen molar-refractivity contribution in [2.45, 2.75) is 19.9 Å². The standard InChI is InChI=1S/C17H14BrClN2O2/c1-10(2)21-17(22)12(9-20)7-13-4-6-16(23-13)11-3-5-14(18)15(19)8-11/h3-8,10H,1-2H3,(H,21,22)/b12-7-. The van der Waals surface area contributed by atoms with Gasteiger partial charge in [0.05, 0.1) is 5.02 Å². The minimum Gasteiger partial charge on any atom is -0.457 e. The number of carbonyl (C=O) groups is 1. The summed E-state index contributed by atoms with van der Waals surface area (Å²) >= 11 is 9.40. The van der Waals surface area contributed by atoms with Gasteiger partial charge in [-0.25, -0.2) is 0 Å². The lowest BCUT2D eigenvalue weighted by atomic mass is 10.2. The first-order valence-electron chi connectivity index (χ1n) is 6.88. The molecule has 0 fully saturated rings. The molecule has 1 aromatic heterocycles. The van der Waals surface area contributed by atoms with Crippen LogP contribution in [-0.4, -0.2) is 11.9 Å². The highest BCUT2D eigenvalue weighted by atomic mass is 79.9. The zero-order chi connectivity index (χ0) is 17.0. The Kier molecular flexibility index (Phi) is 5.64. The molecule has 6 heteroatoms. The van der Waals surface area contributed by atoms with Gasteiger partial charge in [-0.1, -0.05) is 17.7 Å². The number of amides is 1. The molecule has 0 radical (unpaired) electrons. The van der Waals surface area contributed by atoms with Gasteiger partial charge in [-0.05, 0) is 54.0 Å². The molecular weight excluding hydrogens is 380 g/mol. The molecule has 2 rings (SSSR count). The zero-order valence-corrected chi connectivity index (χ0v) is 14.9. The highest BCUT2D eigenvalue weighted by Gasteiger charge is 2.12.